The Morgan fingerprint density at radius 3 is 2.43 bits per heavy atom. The molecule has 2 aromatic carbocycles. The fraction of sp³-hybridized carbons (Fsp3) is 0.391. The first-order valence-corrected chi connectivity index (χ1v) is 9.83. The van der Waals surface area contributed by atoms with Crippen LogP contribution in [-0.4, -0.2) is 17.9 Å². The van der Waals surface area contributed by atoms with Gasteiger partial charge >= 0.3 is 0 Å². The Kier molecular flexibility index (Phi) is 8.05. The zero-order valence-corrected chi connectivity index (χ0v) is 17.2. The van der Waals surface area contributed by atoms with Gasteiger partial charge in [-0.05, 0) is 62.6 Å². The van der Waals surface area contributed by atoms with Gasteiger partial charge in [-0.1, -0.05) is 38.0 Å². The fourth-order valence-corrected chi connectivity index (χ4v) is 2.76. The van der Waals surface area contributed by atoms with Crippen LogP contribution in [0.2, 0.25) is 0 Å². The molecule has 1 atom stereocenters. The minimum atomic E-state index is -0.646. The lowest BCUT2D eigenvalue weighted by atomic mass is 10.1. The smallest absolute Gasteiger partial charge is 0.265 e. The Balaban J connectivity index is 1.94. The molecule has 0 aliphatic carbocycles. The number of benzene rings is 2. The largest absolute Gasteiger partial charge is 0.481 e. The summed E-state index contributed by atoms with van der Waals surface area (Å²) in [7, 11) is 0. The molecule has 5 nitrogen and oxygen atoms in total. The van der Waals surface area contributed by atoms with Crippen molar-refractivity contribution in [3.63, 3.8) is 0 Å². The monoisotopic (exact) mass is 382 g/mol. The second-order valence-electron chi connectivity index (χ2n) is 7.10. The second kappa shape index (κ2) is 10.5. The number of nitrogens with one attached hydrogen (secondary N) is 2. The van der Waals surface area contributed by atoms with Gasteiger partial charge in [-0.15, -0.1) is 0 Å². The topological polar surface area (TPSA) is 67.4 Å². The number of carbonyl (C=O) groups is 2. The van der Waals surface area contributed by atoms with Gasteiger partial charge in [-0.3, -0.25) is 9.59 Å². The number of hydrogen-bond acceptors (Lipinski definition) is 3. The quantitative estimate of drug-likeness (QED) is 0.584. The molecule has 5 heteroatoms. The van der Waals surface area contributed by atoms with E-state index in [0.29, 0.717) is 23.5 Å². The van der Waals surface area contributed by atoms with Crippen LogP contribution < -0.4 is 15.4 Å². The van der Waals surface area contributed by atoms with Crippen molar-refractivity contribution in [3.8, 4) is 5.75 Å². The molecule has 0 radical (unpaired) electrons. The average molecular weight is 383 g/mol. The molecule has 2 aromatic rings. The van der Waals surface area contributed by atoms with Crippen molar-refractivity contribution >= 4 is 23.2 Å². The van der Waals surface area contributed by atoms with Gasteiger partial charge in [-0.25, -0.2) is 0 Å². The van der Waals surface area contributed by atoms with Crippen LogP contribution in [0.25, 0.3) is 0 Å². The highest BCUT2D eigenvalue weighted by atomic mass is 16.5. The van der Waals surface area contributed by atoms with E-state index in [1.165, 1.54) is 0 Å². The Hall–Kier alpha value is -2.82. The van der Waals surface area contributed by atoms with Crippen LogP contribution in [0.15, 0.2) is 42.5 Å². The van der Waals surface area contributed by atoms with Gasteiger partial charge in [-0.2, -0.15) is 0 Å². The van der Waals surface area contributed by atoms with Gasteiger partial charge in [0.2, 0.25) is 5.91 Å². The molecular formula is C23H30N2O3. The second-order valence-corrected chi connectivity index (χ2v) is 7.10. The highest BCUT2D eigenvalue weighted by Crippen LogP contribution is 2.21. The molecule has 0 saturated heterocycles. The summed E-state index contributed by atoms with van der Waals surface area (Å²) in [5.74, 6) is 0.451. The average Bonchev–Trinajstić information content (AvgIpc) is 2.65. The number of amides is 2. The Morgan fingerprint density at radius 1 is 1.00 bits per heavy atom. The number of unbranched alkanes of at least 4 members (excludes halogenated alkanes) is 2. The molecule has 0 aliphatic heterocycles. The number of ether oxygens (including phenoxy) is 1. The van der Waals surface area contributed by atoms with E-state index < -0.39 is 6.10 Å². The first-order chi connectivity index (χ1) is 13.4. The number of carbonyl (C=O) groups excluding carboxylic acids is 2. The molecule has 0 aromatic heterocycles. The van der Waals surface area contributed by atoms with Gasteiger partial charge in [0.25, 0.3) is 5.91 Å². The van der Waals surface area contributed by atoms with Crippen LogP contribution in [0.1, 0.15) is 50.7 Å². The predicted octanol–water partition coefficient (Wildman–Crippen LogP) is 5.23. The summed E-state index contributed by atoms with van der Waals surface area (Å²) in [6, 6.07) is 13.1. The molecule has 0 spiro atoms. The van der Waals surface area contributed by atoms with Gasteiger partial charge in [0.1, 0.15) is 5.75 Å². The summed E-state index contributed by atoms with van der Waals surface area (Å²) < 4.78 is 5.83. The predicted molar refractivity (Wildman–Crippen MR) is 114 cm³/mol. The first kappa shape index (κ1) is 21.5. The lowest BCUT2D eigenvalue weighted by Gasteiger charge is -2.17. The maximum absolute atomic E-state index is 12.5. The highest BCUT2D eigenvalue weighted by molar-refractivity contribution is 5.96. The summed E-state index contributed by atoms with van der Waals surface area (Å²) in [6.07, 6.45) is 2.86. The van der Waals surface area contributed by atoms with E-state index in [1.54, 1.807) is 25.1 Å². The number of rotatable bonds is 9. The van der Waals surface area contributed by atoms with Crippen LogP contribution in [0.4, 0.5) is 11.4 Å². The summed E-state index contributed by atoms with van der Waals surface area (Å²) >= 11 is 0. The van der Waals surface area contributed by atoms with Crippen molar-refractivity contribution in [2.24, 2.45) is 0 Å². The standard InChI is InChI=1S/C23H30N2O3/c1-5-6-7-11-22(26)24-19-9-8-10-20(15-19)25-23(27)18(4)28-21-14-16(2)12-13-17(21)3/h8-10,12-15,18H,5-7,11H2,1-4H3,(H,24,26)(H,25,27). The molecule has 2 N–H and O–H groups in total. The Bertz CT molecular complexity index is 817. The van der Waals surface area contributed by atoms with E-state index in [-0.39, 0.29) is 11.8 Å². The zero-order chi connectivity index (χ0) is 20.5. The lowest BCUT2D eigenvalue weighted by Crippen LogP contribution is -2.30. The lowest BCUT2D eigenvalue weighted by molar-refractivity contribution is -0.122. The molecule has 2 rings (SSSR count). The van der Waals surface area contributed by atoms with Crippen molar-refractivity contribution in [1.82, 2.24) is 0 Å². The number of hydrogen-bond donors (Lipinski definition) is 2. The third kappa shape index (κ3) is 6.72. The van der Waals surface area contributed by atoms with Crippen molar-refractivity contribution in [3.05, 3.63) is 53.6 Å². The van der Waals surface area contributed by atoms with Crippen molar-refractivity contribution in [2.75, 3.05) is 10.6 Å². The van der Waals surface area contributed by atoms with Crippen molar-refractivity contribution in [1.29, 1.82) is 0 Å². The number of aryl methyl sites for hydroxylation is 2. The molecule has 0 fully saturated rings. The summed E-state index contributed by atoms with van der Waals surface area (Å²) in [5.41, 5.74) is 3.35. The molecular weight excluding hydrogens is 352 g/mol. The Morgan fingerprint density at radius 2 is 1.71 bits per heavy atom. The van der Waals surface area contributed by atoms with E-state index in [1.807, 2.05) is 38.1 Å². The van der Waals surface area contributed by atoms with E-state index in [9.17, 15) is 9.59 Å². The normalized spacial score (nSPS) is 11.6. The molecule has 1 unspecified atom stereocenters. The third-order valence-corrected chi connectivity index (χ3v) is 4.44. The van der Waals surface area contributed by atoms with Crippen LogP contribution in [-0.2, 0) is 9.59 Å². The van der Waals surface area contributed by atoms with E-state index >= 15 is 0 Å². The van der Waals surface area contributed by atoms with Gasteiger partial charge in [0, 0.05) is 17.8 Å². The maximum atomic E-state index is 12.5. The summed E-state index contributed by atoms with van der Waals surface area (Å²) in [6.45, 7) is 7.76. The van der Waals surface area contributed by atoms with Crippen molar-refractivity contribution < 1.29 is 14.3 Å². The highest BCUT2D eigenvalue weighted by Gasteiger charge is 2.16. The van der Waals surface area contributed by atoms with Gasteiger partial charge in [0.15, 0.2) is 6.10 Å². The van der Waals surface area contributed by atoms with Crippen LogP contribution >= 0.6 is 0 Å². The molecule has 28 heavy (non-hydrogen) atoms. The fourth-order valence-electron chi connectivity index (χ4n) is 2.76. The molecule has 0 aliphatic rings. The minimum Gasteiger partial charge on any atom is -0.481 e. The zero-order valence-electron chi connectivity index (χ0n) is 17.2. The Labute approximate surface area is 167 Å². The number of anilines is 2. The van der Waals surface area contributed by atoms with Gasteiger partial charge < -0.3 is 15.4 Å². The maximum Gasteiger partial charge on any atom is 0.265 e. The molecule has 0 heterocycles. The van der Waals surface area contributed by atoms with E-state index in [4.69, 9.17) is 4.74 Å². The molecule has 2 amide bonds. The summed E-state index contributed by atoms with van der Waals surface area (Å²) in [4.78, 5) is 24.5. The molecule has 150 valence electrons. The summed E-state index contributed by atoms with van der Waals surface area (Å²) in [5, 5.41) is 5.72. The molecule has 0 bridgehead atoms. The molecule has 0 saturated carbocycles. The van der Waals surface area contributed by atoms with Crippen LogP contribution in [0.5, 0.6) is 5.75 Å². The third-order valence-electron chi connectivity index (χ3n) is 4.44. The van der Waals surface area contributed by atoms with Crippen LogP contribution in [0.3, 0.4) is 0 Å². The van der Waals surface area contributed by atoms with E-state index in [0.717, 1.165) is 30.4 Å². The SMILES string of the molecule is CCCCCC(=O)Nc1cccc(NC(=O)C(C)Oc2cc(C)ccc2C)c1. The first-order valence-electron chi connectivity index (χ1n) is 9.83. The van der Waals surface area contributed by atoms with Crippen LogP contribution in [0, 0.1) is 13.8 Å². The van der Waals surface area contributed by atoms with Crippen molar-refractivity contribution in [2.45, 2.75) is 59.5 Å². The van der Waals surface area contributed by atoms with E-state index in [2.05, 4.69) is 17.6 Å². The van der Waals surface area contributed by atoms with Gasteiger partial charge in [0.05, 0.1) is 0 Å². The minimum absolute atomic E-state index is 0.0106.